The Morgan fingerprint density at radius 3 is 2.42 bits per heavy atom. The van der Waals surface area contributed by atoms with Crippen LogP contribution in [0.5, 0.6) is 0 Å². The summed E-state index contributed by atoms with van der Waals surface area (Å²) in [4.78, 5) is 11.6. The number of carboxylic acid groups (broad SMARTS) is 1. The van der Waals surface area contributed by atoms with Crippen molar-refractivity contribution in [3.8, 4) is 6.07 Å². The molecule has 1 aromatic heterocycles. The Bertz CT molecular complexity index is 680. The molecule has 0 N–H and O–H groups in total. The Balaban J connectivity index is 2.35. The zero-order valence-corrected chi connectivity index (χ0v) is 12.0. The third-order valence-electron chi connectivity index (χ3n) is 2.43. The number of hydrogen-bond donors (Lipinski definition) is 0. The van der Waals surface area contributed by atoms with Gasteiger partial charge in [0.05, 0.1) is 17.6 Å². The predicted molar refractivity (Wildman–Crippen MR) is 76.3 cm³/mol. The lowest BCUT2D eigenvalue weighted by atomic mass is 10.0. The van der Waals surface area contributed by atoms with E-state index in [2.05, 4.69) is 22.0 Å². The number of rotatable bonds is 3. The molecule has 0 radical (unpaired) electrons. The van der Waals surface area contributed by atoms with Crippen molar-refractivity contribution in [1.82, 2.24) is 0 Å². The molecule has 0 atom stereocenters. The summed E-state index contributed by atoms with van der Waals surface area (Å²) in [6.07, 6.45) is 1.77. The normalized spacial score (nSPS) is 11.1. The zero-order valence-electron chi connectivity index (χ0n) is 9.59. The van der Waals surface area contributed by atoms with Gasteiger partial charge in [-0.05, 0) is 39.2 Å². The first-order valence-corrected chi connectivity index (χ1v) is 6.95. The van der Waals surface area contributed by atoms with Crippen LogP contribution in [0.25, 0.3) is 11.6 Å². The van der Waals surface area contributed by atoms with Crippen LogP contribution in [0.3, 0.4) is 0 Å². The second-order valence-electron chi connectivity index (χ2n) is 3.70. The van der Waals surface area contributed by atoms with Gasteiger partial charge in [-0.1, -0.05) is 24.3 Å². The van der Waals surface area contributed by atoms with E-state index in [1.807, 2.05) is 11.4 Å². The van der Waals surface area contributed by atoms with Crippen molar-refractivity contribution in [3.05, 3.63) is 56.2 Å². The standard InChI is InChI=1S/C14H8BrNO2S/c15-12-6-13(19-8-12)5-11(7-16)9-1-3-10(4-2-9)14(17)18/h1-6,8H,(H,17,18)/p-1/b11-5+. The van der Waals surface area contributed by atoms with Gasteiger partial charge in [0.15, 0.2) is 0 Å². The van der Waals surface area contributed by atoms with Crippen LogP contribution in [0, 0.1) is 11.3 Å². The molecule has 0 unspecified atom stereocenters. The topological polar surface area (TPSA) is 63.9 Å². The van der Waals surface area contributed by atoms with Crippen molar-refractivity contribution < 1.29 is 9.90 Å². The van der Waals surface area contributed by atoms with Crippen molar-refractivity contribution >= 4 is 44.9 Å². The van der Waals surface area contributed by atoms with Crippen molar-refractivity contribution in [3.63, 3.8) is 0 Å². The Morgan fingerprint density at radius 1 is 1.32 bits per heavy atom. The summed E-state index contributed by atoms with van der Waals surface area (Å²) >= 11 is 4.87. The van der Waals surface area contributed by atoms with Gasteiger partial charge in [0, 0.05) is 14.7 Å². The number of aromatic carboxylic acids is 1. The van der Waals surface area contributed by atoms with Gasteiger partial charge in [-0.25, -0.2) is 0 Å². The lowest BCUT2D eigenvalue weighted by Gasteiger charge is -2.03. The molecule has 1 heterocycles. The van der Waals surface area contributed by atoms with Crippen LogP contribution in [0.4, 0.5) is 0 Å². The minimum atomic E-state index is -1.23. The monoisotopic (exact) mass is 332 g/mol. The van der Waals surface area contributed by atoms with Crippen LogP contribution < -0.4 is 5.11 Å². The van der Waals surface area contributed by atoms with Crippen molar-refractivity contribution in [2.24, 2.45) is 0 Å². The van der Waals surface area contributed by atoms with Crippen LogP contribution in [-0.2, 0) is 0 Å². The predicted octanol–water partition coefficient (Wildman–Crippen LogP) is 2.94. The number of carbonyl (C=O) groups is 1. The molecule has 3 nitrogen and oxygen atoms in total. The number of nitrogens with zero attached hydrogens (tertiary/aromatic N) is 1. The van der Waals surface area contributed by atoms with E-state index >= 15 is 0 Å². The Morgan fingerprint density at radius 2 is 1.95 bits per heavy atom. The maximum absolute atomic E-state index is 10.7. The average molecular weight is 333 g/mol. The van der Waals surface area contributed by atoms with Gasteiger partial charge in [-0.3, -0.25) is 0 Å². The lowest BCUT2D eigenvalue weighted by Crippen LogP contribution is -2.21. The molecule has 0 spiro atoms. The summed E-state index contributed by atoms with van der Waals surface area (Å²) in [5.74, 6) is -1.23. The van der Waals surface area contributed by atoms with Gasteiger partial charge in [0.25, 0.3) is 0 Å². The second-order valence-corrected chi connectivity index (χ2v) is 5.56. The summed E-state index contributed by atoms with van der Waals surface area (Å²) in [6.45, 7) is 0. The molecular weight excluding hydrogens is 326 g/mol. The van der Waals surface area contributed by atoms with E-state index in [-0.39, 0.29) is 5.56 Å². The van der Waals surface area contributed by atoms with E-state index in [9.17, 15) is 15.2 Å². The molecule has 0 saturated heterocycles. The fourth-order valence-corrected chi connectivity index (χ4v) is 2.89. The van der Waals surface area contributed by atoms with Crippen molar-refractivity contribution in [2.45, 2.75) is 0 Å². The Kier molecular flexibility index (Phi) is 4.15. The molecule has 0 bridgehead atoms. The number of carbonyl (C=O) groups excluding carboxylic acids is 1. The third-order valence-corrected chi connectivity index (χ3v) is 4.07. The van der Waals surface area contributed by atoms with Crippen LogP contribution in [0.2, 0.25) is 0 Å². The Labute approximate surface area is 122 Å². The quantitative estimate of drug-likeness (QED) is 0.811. The molecule has 0 aliphatic rings. The van der Waals surface area contributed by atoms with E-state index in [1.54, 1.807) is 18.2 Å². The van der Waals surface area contributed by atoms with E-state index < -0.39 is 5.97 Å². The maximum atomic E-state index is 10.7. The number of benzene rings is 1. The summed E-state index contributed by atoms with van der Waals surface area (Å²) in [5, 5.41) is 21.8. The van der Waals surface area contributed by atoms with Gasteiger partial charge in [0.2, 0.25) is 0 Å². The molecule has 0 amide bonds. The largest absolute Gasteiger partial charge is 0.545 e. The number of allylic oxidation sites excluding steroid dienone is 1. The second kappa shape index (κ2) is 5.83. The van der Waals surface area contributed by atoms with Gasteiger partial charge in [-0.2, -0.15) is 5.26 Å². The molecule has 2 rings (SSSR count). The highest BCUT2D eigenvalue weighted by atomic mass is 79.9. The van der Waals surface area contributed by atoms with Gasteiger partial charge in [0.1, 0.15) is 0 Å². The number of thiophene rings is 1. The van der Waals surface area contributed by atoms with Crippen LogP contribution in [-0.4, -0.2) is 5.97 Å². The molecular formula is C14H7BrNO2S-. The number of hydrogen-bond acceptors (Lipinski definition) is 4. The SMILES string of the molecule is N#C/C(=C\c1cc(Br)cs1)c1ccc(C(=O)[O-])cc1. The van der Waals surface area contributed by atoms with Crippen LogP contribution in [0.1, 0.15) is 20.8 Å². The molecule has 0 fully saturated rings. The molecule has 0 saturated carbocycles. The van der Waals surface area contributed by atoms with E-state index in [0.29, 0.717) is 11.1 Å². The summed E-state index contributed by atoms with van der Waals surface area (Å²) in [7, 11) is 0. The maximum Gasteiger partial charge on any atom is 0.0998 e. The zero-order chi connectivity index (χ0) is 13.8. The first-order valence-electron chi connectivity index (χ1n) is 5.28. The smallest absolute Gasteiger partial charge is 0.0998 e. The number of halogens is 1. The lowest BCUT2D eigenvalue weighted by molar-refractivity contribution is -0.255. The highest BCUT2D eigenvalue weighted by Gasteiger charge is 2.03. The van der Waals surface area contributed by atoms with Crippen molar-refractivity contribution in [2.75, 3.05) is 0 Å². The third kappa shape index (κ3) is 3.31. The highest BCUT2D eigenvalue weighted by molar-refractivity contribution is 9.10. The minimum Gasteiger partial charge on any atom is -0.545 e. The number of carboxylic acids is 1. The van der Waals surface area contributed by atoms with Gasteiger partial charge in [-0.15, -0.1) is 11.3 Å². The van der Waals surface area contributed by atoms with E-state index in [4.69, 9.17) is 0 Å². The molecule has 0 aliphatic carbocycles. The van der Waals surface area contributed by atoms with Crippen LogP contribution in [0.15, 0.2) is 40.2 Å². The van der Waals surface area contributed by atoms with Gasteiger partial charge >= 0.3 is 0 Å². The Hall–Kier alpha value is -1.90. The summed E-state index contributed by atoms with van der Waals surface area (Å²) < 4.78 is 0.966. The van der Waals surface area contributed by atoms with E-state index in [0.717, 1.165) is 9.35 Å². The minimum absolute atomic E-state index is 0.0971. The molecule has 0 aliphatic heterocycles. The number of nitriles is 1. The molecule has 2 aromatic rings. The first-order chi connectivity index (χ1) is 9.10. The highest BCUT2D eigenvalue weighted by Crippen LogP contribution is 2.25. The first kappa shape index (κ1) is 13.5. The molecule has 5 heteroatoms. The summed E-state index contributed by atoms with van der Waals surface area (Å²) in [5.41, 5.74) is 1.26. The fourth-order valence-electron chi connectivity index (χ4n) is 1.51. The van der Waals surface area contributed by atoms with Crippen LogP contribution >= 0.6 is 27.3 Å². The van der Waals surface area contributed by atoms with E-state index in [1.165, 1.54) is 23.5 Å². The summed E-state index contributed by atoms with van der Waals surface area (Å²) in [6, 6.07) is 10.1. The molecule has 1 aromatic carbocycles. The van der Waals surface area contributed by atoms with Gasteiger partial charge < -0.3 is 9.90 Å². The molecule has 19 heavy (non-hydrogen) atoms. The fraction of sp³-hybridized carbons (Fsp3) is 0. The average Bonchev–Trinajstić information content (AvgIpc) is 2.81. The van der Waals surface area contributed by atoms with Crippen molar-refractivity contribution in [1.29, 1.82) is 5.26 Å². The molecule has 94 valence electrons.